The number of urea groups is 1. The lowest BCUT2D eigenvalue weighted by atomic mass is 10.1. The molecule has 0 saturated heterocycles. The number of benzene rings is 1. The summed E-state index contributed by atoms with van der Waals surface area (Å²) < 4.78 is 0. The Bertz CT molecular complexity index is 395. The number of carbonyl (C=O) groups is 1. The molecule has 3 nitrogen and oxygen atoms in total. The van der Waals surface area contributed by atoms with Crippen molar-refractivity contribution >= 4 is 17.6 Å². The van der Waals surface area contributed by atoms with Crippen molar-refractivity contribution in [2.45, 2.75) is 45.7 Å². The highest BCUT2D eigenvalue weighted by atomic mass is 35.5. The standard InChI is InChI=1S/C14H21ClN2O/c1-4-7-10(2)16-14(18)17-11(3)12-8-5-6-9-13(12)15/h5-6,8-11H,4,7H2,1-3H3,(H2,16,17,18)/t10-,11-/m0/s1. The fourth-order valence-corrected chi connectivity index (χ4v) is 2.17. The van der Waals surface area contributed by atoms with Crippen molar-refractivity contribution in [3.05, 3.63) is 34.9 Å². The van der Waals surface area contributed by atoms with Crippen LogP contribution < -0.4 is 10.6 Å². The normalized spacial score (nSPS) is 13.8. The predicted molar refractivity (Wildman–Crippen MR) is 75.9 cm³/mol. The molecule has 0 saturated carbocycles. The molecule has 100 valence electrons. The number of amides is 2. The van der Waals surface area contributed by atoms with Crippen LogP contribution in [0.25, 0.3) is 0 Å². The maximum atomic E-state index is 11.8. The molecule has 2 N–H and O–H groups in total. The molecule has 18 heavy (non-hydrogen) atoms. The average molecular weight is 269 g/mol. The monoisotopic (exact) mass is 268 g/mol. The number of carbonyl (C=O) groups excluding carboxylic acids is 1. The van der Waals surface area contributed by atoms with E-state index in [2.05, 4.69) is 17.6 Å². The fraction of sp³-hybridized carbons (Fsp3) is 0.500. The molecule has 4 heteroatoms. The van der Waals surface area contributed by atoms with Crippen molar-refractivity contribution in [3.8, 4) is 0 Å². The second-order valence-corrected chi connectivity index (χ2v) is 4.96. The summed E-state index contributed by atoms with van der Waals surface area (Å²) in [6, 6.07) is 7.47. The highest BCUT2D eigenvalue weighted by molar-refractivity contribution is 6.31. The maximum absolute atomic E-state index is 11.8. The molecule has 2 atom stereocenters. The summed E-state index contributed by atoms with van der Waals surface area (Å²) >= 11 is 6.09. The van der Waals surface area contributed by atoms with E-state index in [1.165, 1.54) is 0 Å². The first kappa shape index (κ1) is 14.8. The van der Waals surface area contributed by atoms with Gasteiger partial charge in [-0.2, -0.15) is 0 Å². The minimum absolute atomic E-state index is 0.104. The third-order valence-electron chi connectivity index (χ3n) is 2.82. The third kappa shape index (κ3) is 4.57. The van der Waals surface area contributed by atoms with Crippen molar-refractivity contribution in [1.82, 2.24) is 10.6 Å². The van der Waals surface area contributed by atoms with Gasteiger partial charge in [-0.3, -0.25) is 0 Å². The van der Waals surface area contributed by atoms with Gasteiger partial charge >= 0.3 is 6.03 Å². The van der Waals surface area contributed by atoms with Crippen molar-refractivity contribution in [2.24, 2.45) is 0 Å². The van der Waals surface area contributed by atoms with Crippen molar-refractivity contribution in [1.29, 1.82) is 0 Å². The average Bonchev–Trinajstić information content (AvgIpc) is 2.29. The molecule has 0 aliphatic rings. The van der Waals surface area contributed by atoms with Crippen LogP contribution >= 0.6 is 11.6 Å². The summed E-state index contributed by atoms with van der Waals surface area (Å²) in [5.74, 6) is 0. The number of rotatable bonds is 5. The molecular formula is C14H21ClN2O. The van der Waals surface area contributed by atoms with Gasteiger partial charge in [-0.05, 0) is 31.9 Å². The van der Waals surface area contributed by atoms with Crippen LogP contribution in [0.3, 0.4) is 0 Å². The lowest BCUT2D eigenvalue weighted by molar-refractivity contribution is 0.234. The molecule has 0 radical (unpaired) electrons. The van der Waals surface area contributed by atoms with Crippen molar-refractivity contribution in [3.63, 3.8) is 0 Å². The second kappa shape index (κ2) is 7.27. The first-order valence-electron chi connectivity index (χ1n) is 6.36. The lowest BCUT2D eigenvalue weighted by Crippen LogP contribution is -2.41. The van der Waals surface area contributed by atoms with E-state index in [4.69, 9.17) is 11.6 Å². The van der Waals surface area contributed by atoms with Crippen LogP contribution in [0.2, 0.25) is 5.02 Å². The Morgan fingerprint density at radius 2 is 1.94 bits per heavy atom. The van der Waals surface area contributed by atoms with Crippen LogP contribution in [0, 0.1) is 0 Å². The third-order valence-corrected chi connectivity index (χ3v) is 3.16. The van der Waals surface area contributed by atoms with Gasteiger partial charge < -0.3 is 10.6 Å². The van der Waals surface area contributed by atoms with E-state index in [1.54, 1.807) is 0 Å². The summed E-state index contributed by atoms with van der Waals surface area (Å²) in [5, 5.41) is 6.47. The Labute approximate surface area is 114 Å². The molecule has 2 amide bonds. The van der Waals surface area contributed by atoms with Gasteiger partial charge in [0.1, 0.15) is 0 Å². The zero-order chi connectivity index (χ0) is 13.5. The summed E-state index contributed by atoms with van der Waals surface area (Å²) in [6.07, 6.45) is 2.04. The minimum atomic E-state index is -0.150. The number of hydrogen-bond acceptors (Lipinski definition) is 1. The molecule has 0 spiro atoms. The van der Waals surface area contributed by atoms with Gasteiger partial charge in [-0.15, -0.1) is 0 Å². The van der Waals surface area contributed by atoms with E-state index in [9.17, 15) is 4.79 Å². The molecule has 0 aromatic heterocycles. The molecule has 1 aromatic rings. The smallest absolute Gasteiger partial charge is 0.315 e. The summed E-state index contributed by atoms with van der Waals surface area (Å²) in [6.45, 7) is 6.02. The quantitative estimate of drug-likeness (QED) is 0.836. The second-order valence-electron chi connectivity index (χ2n) is 4.55. The molecule has 1 rings (SSSR count). The molecule has 0 unspecified atom stereocenters. The predicted octanol–water partition coefficient (Wildman–Crippen LogP) is 3.89. The Kier molecular flexibility index (Phi) is 5.99. The minimum Gasteiger partial charge on any atom is -0.336 e. The SMILES string of the molecule is CCC[C@H](C)NC(=O)N[C@@H](C)c1ccccc1Cl. The van der Waals surface area contributed by atoms with Crippen molar-refractivity contribution in [2.75, 3.05) is 0 Å². The summed E-state index contributed by atoms with van der Waals surface area (Å²) in [5.41, 5.74) is 0.928. The highest BCUT2D eigenvalue weighted by Gasteiger charge is 2.13. The van der Waals surface area contributed by atoms with E-state index in [1.807, 2.05) is 38.1 Å². The number of nitrogens with one attached hydrogen (secondary N) is 2. The van der Waals surface area contributed by atoms with E-state index < -0.39 is 0 Å². The maximum Gasteiger partial charge on any atom is 0.315 e. The van der Waals surface area contributed by atoms with E-state index in [0.717, 1.165) is 18.4 Å². The molecule has 0 fully saturated rings. The van der Waals surface area contributed by atoms with Crippen LogP contribution in [0.5, 0.6) is 0 Å². The van der Waals surface area contributed by atoms with Crippen LogP contribution in [-0.2, 0) is 0 Å². The lowest BCUT2D eigenvalue weighted by Gasteiger charge is -2.18. The summed E-state index contributed by atoms with van der Waals surface area (Å²) in [4.78, 5) is 11.8. The topological polar surface area (TPSA) is 41.1 Å². The van der Waals surface area contributed by atoms with E-state index >= 15 is 0 Å². The number of halogens is 1. The van der Waals surface area contributed by atoms with Gasteiger partial charge in [0, 0.05) is 11.1 Å². The summed E-state index contributed by atoms with van der Waals surface area (Å²) in [7, 11) is 0. The van der Waals surface area contributed by atoms with Gasteiger partial charge in [0.05, 0.1) is 6.04 Å². The molecule has 0 heterocycles. The molecule has 1 aromatic carbocycles. The van der Waals surface area contributed by atoms with E-state index in [0.29, 0.717) is 5.02 Å². The van der Waals surface area contributed by atoms with Crippen LogP contribution in [0.15, 0.2) is 24.3 Å². The van der Waals surface area contributed by atoms with Gasteiger partial charge in [-0.25, -0.2) is 4.79 Å². The Morgan fingerprint density at radius 3 is 2.56 bits per heavy atom. The highest BCUT2D eigenvalue weighted by Crippen LogP contribution is 2.21. The largest absolute Gasteiger partial charge is 0.336 e. The molecular weight excluding hydrogens is 248 g/mol. The zero-order valence-electron chi connectivity index (χ0n) is 11.2. The Morgan fingerprint density at radius 1 is 1.28 bits per heavy atom. The van der Waals surface area contributed by atoms with Crippen LogP contribution in [0.4, 0.5) is 4.79 Å². The van der Waals surface area contributed by atoms with Crippen molar-refractivity contribution < 1.29 is 4.79 Å². The fourth-order valence-electron chi connectivity index (χ4n) is 1.87. The molecule has 0 aliphatic heterocycles. The van der Waals surface area contributed by atoms with E-state index in [-0.39, 0.29) is 18.1 Å². The van der Waals surface area contributed by atoms with Gasteiger partial charge in [0.25, 0.3) is 0 Å². The van der Waals surface area contributed by atoms with Gasteiger partial charge in [0.15, 0.2) is 0 Å². The number of hydrogen-bond donors (Lipinski definition) is 2. The first-order valence-corrected chi connectivity index (χ1v) is 6.73. The first-order chi connectivity index (χ1) is 8.54. The molecule has 0 aliphatic carbocycles. The Hall–Kier alpha value is -1.22. The Balaban J connectivity index is 2.52. The van der Waals surface area contributed by atoms with Gasteiger partial charge in [-0.1, -0.05) is 43.1 Å². The van der Waals surface area contributed by atoms with Crippen LogP contribution in [-0.4, -0.2) is 12.1 Å². The molecule has 0 bridgehead atoms. The zero-order valence-corrected chi connectivity index (χ0v) is 11.9. The van der Waals surface area contributed by atoms with Gasteiger partial charge in [0.2, 0.25) is 0 Å². The van der Waals surface area contributed by atoms with Crippen LogP contribution in [0.1, 0.15) is 45.2 Å².